The van der Waals surface area contributed by atoms with E-state index in [0.717, 1.165) is 11.3 Å². The van der Waals surface area contributed by atoms with Gasteiger partial charge in [0.25, 0.3) is 5.91 Å². The largest absolute Gasteiger partial charge is 0.394 e. The summed E-state index contributed by atoms with van der Waals surface area (Å²) in [5.41, 5.74) is 2.21. The third-order valence-electron chi connectivity index (χ3n) is 3.18. The van der Waals surface area contributed by atoms with Crippen molar-refractivity contribution < 1.29 is 14.3 Å². The van der Waals surface area contributed by atoms with Crippen molar-refractivity contribution in [3.63, 3.8) is 0 Å². The SMILES string of the molecule is CC(CO)NC(=O)c1ccc(NCc2cccc(F)c2)cc1. The number of carbonyl (C=O) groups excluding carboxylic acids is 1. The summed E-state index contributed by atoms with van der Waals surface area (Å²) in [5, 5.41) is 14.8. The van der Waals surface area contributed by atoms with Gasteiger partial charge in [0.1, 0.15) is 5.82 Å². The average Bonchev–Trinajstić information content (AvgIpc) is 2.53. The minimum Gasteiger partial charge on any atom is -0.394 e. The van der Waals surface area contributed by atoms with E-state index in [9.17, 15) is 9.18 Å². The zero-order valence-corrected chi connectivity index (χ0v) is 12.3. The molecular formula is C17H19FN2O2. The molecule has 3 N–H and O–H groups in total. The molecule has 4 nitrogen and oxygen atoms in total. The molecule has 0 bridgehead atoms. The molecule has 22 heavy (non-hydrogen) atoms. The van der Waals surface area contributed by atoms with Gasteiger partial charge in [0, 0.05) is 23.8 Å². The van der Waals surface area contributed by atoms with Gasteiger partial charge in [0.15, 0.2) is 0 Å². The third-order valence-corrected chi connectivity index (χ3v) is 3.18. The first-order valence-corrected chi connectivity index (χ1v) is 7.08. The van der Waals surface area contributed by atoms with E-state index in [2.05, 4.69) is 10.6 Å². The Morgan fingerprint density at radius 3 is 2.59 bits per heavy atom. The van der Waals surface area contributed by atoms with E-state index < -0.39 is 0 Å². The van der Waals surface area contributed by atoms with Crippen LogP contribution in [-0.2, 0) is 6.54 Å². The number of aliphatic hydroxyl groups excluding tert-OH is 1. The fraction of sp³-hybridized carbons (Fsp3) is 0.235. The van der Waals surface area contributed by atoms with Gasteiger partial charge in [-0.2, -0.15) is 0 Å². The van der Waals surface area contributed by atoms with Crippen LogP contribution >= 0.6 is 0 Å². The average molecular weight is 302 g/mol. The van der Waals surface area contributed by atoms with Crippen LogP contribution in [0, 0.1) is 5.82 Å². The Labute approximate surface area is 129 Å². The van der Waals surface area contributed by atoms with Crippen LogP contribution < -0.4 is 10.6 Å². The lowest BCUT2D eigenvalue weighted by molar-refractivity contribution is 0.0922. The number of anilines is 1. The smallest absolute Gasteiger partial charge is 0.251 e. The Hall–Kier alpha value is -2.40. The van der Waals surface area contributed by atoms with Crippen molar-refractivity contribution in [3.05, 3.63) is 65.5 Å². The Kier molecular flexibility index (Phi) is 5.49. The molecular weight excluding hydrogens is 283 g/mol. The number of hydrogen-bond acceptors (Lipinski definition) is 3. The van der Waals surface area contributed by atoms with E-state index >= 15 is 0 Å². The highest BCUT2D eigenvalue weighted by atomic mass is 19.1. The number of amides is 1. The second kappa shape index (κ2) is 7.56. The van der Waals surface area contributed by atoms with Gasteiger partial charge in [-0.25, -0.2) is 4.39 Å². The summed E-state index contributed by atoms with van der Waals surface area (Å²) in [6.45, 7) is 2.14. The lowest BCUT2D eigenvalue weighted by Gasteiger charge is -2.11. The van der Waals surface area contributed by atoms with Gasteiger partial charge in [0.2, 0.25) is 0 Å². The Morgan fingerprint density at radius 2 is 1.95 bits per heavy atom. The molecule has 5 heteroatoms. The Bertz CT molecular complexity index is 629. The number of rotatable bonds is 6. The maximum Gasteiger partial charge on any atom is 0.251 e. The predicted molar refractivity (Wildman–Crippen MR) is 84.2 cm³/mol. The lowest BCUT2D eigenvalue weighted by Crippen LogP contribution is -2.34. The molecule has 0 spiro atoms. The zero-order chi connectivity index (χ0) is 15.9. The minimum atomic E-state index is -0.279. The Balaban J connectivity index is 1.93. The van der Waals surface area contributed by atoms with Crippen LogP contribution in [0.4, 0.5) is 10.1 Å². The minimum absolute atomic E-state index is 0.0982. The molecule has 0 saturated heterocycles. The monoisotopic (exact) mass is 302 g/mol. The summed E-state index contributed by atoms with van der Waals surface area (Å²) in [5.74, 6) is -0.484. The first kappa shape index (κ1) is 16.0. The molecule has 2 aromatic carbocycles. The molecule has 0 aliphatic carbocycles. The highest BCUT2D eigenvalue weighted by Crippen LogP contribution is 2.12. The maximum absolute atomic E-state index is 13.1. The van der Waals surface area contributed by atoms with Crippen LogP contribution in [-0.4, -0.2) is 23.7 Å². The molecule has 0 heterocycles. The molecule has 1 atom stereocenters. The predicted octanol–water partition coefficient (Wildman–Crippen LogP) is 2.55. The molecule has 2 aromatic rings. The fourth-order valence-corrected chi connectivity index (χ4v) is 1.94. The maximum atomic E-state index is 13.1. The van der Waals surface area contributed by atoms with E-state index in [-0.39, 0.29) is 24.4 Å². The second-order valence-corrected chi connectivity index (χ2v) is 5.12. The van der Waals surface area contributed by atoms with E-state index in [1.807, 2.05) is 6.07 Å². The molecule has 0 aromatic heterocycles. The van der Waals surface area contributed by atoms with Crippen LogP contribution in [0.3, 0.4) is 0 Å². The molecule has 0 fully saturated rings. The van der Waals surface area contributed by atoms with Crippen LogP contribution in [0.2, 0.25) is 0 Å². The quantitative estimate of drug-likeness (QED) is 0.768. The highest BCUT2D eigenvalue weighted by Gasteiger charge is 2.08. The topological polar surface area (TPSA) is 61.4 Å². The molecule has 0 aliphatic heterocycles. The summed E-state index contributed by atoms with van der Waals surface area (Å²) in [7, 11) is 0. The summed E-state index contributed by atoms with van der Waals surface area (Å²) in [6, 6.07) is 13.1. The molecule has 0 radical (unpaired) electrons. The van der Waals surface area contributed by atoms with E-state index in [1.54, 1.807) is 37.3 Å². The standard InChI is InChI=1S/C17H19FN2O2/c1-12(11-21)20-17(22)14-5-7-16(8-6-14)19-10-13-3-2-4-15(18)9-13/h2-9,12,19,21H,10-11H2,1H3,(H,20,22). The van der Waals surface area contributed by atoms with Crippen LogP contribution in [0.1, 0.15) is 22.8 Å². The van der Waals surface area contributed by atoms with Crippen LogP contribution in [0.25, 0.3) is 0 Å². The highest BCUT2D eigenvalue weighted by molar-refractivity contribution is 5.94. The fourth-order valence-electron chi connectivity index (χ4n) is 1.94. The normalized spacial score (nSPS) is 11.8. The van der Waals surface area contributed by atoms with Gasteiger partial charge in [-0.05, 0) is 48.9 Å². The third kappa shape index (κ3) is 4.56. The van der Waals surface area contributed by atoms with Crippen LogP contribution in [0.15, 0.2) is 48.5 Å². The van der Waals surface area contributed by atoms with Crippen molar-refractivity contribution in [1.29, 1.82) is 0 Å². The summed E-state index contributed by atoms with van der Waals surface area (Å²) >= 11 is 0. The van der Waals surface area contributed by atoms with Crippen molar-refractivity contribution in [2.75, 3.05) is 11.9 Å². The number of nitrogens with one attached hydrogen (secondary N) is 2. The number of aliphatic hydroxyl groups is 1. The molecule has 1 unspecified atom stereocenters. The summed E-state index contributed by atoms with van der Waals surface area (Å²) < 4.78 is 13.1. The molecule has 1 amide bonds. The first-order chi connectivity index (χ1) is 10.6. The van der Waals surface area contributed by atoms with Gasteiger partial charge >= 0.3 is 0 Å². The van der Waals surface area contributed by atoms with Crippen molar-refractivity contribution in [2.45, 2.75) is 19.5 Å². The van der Waals surface area contributed by atoms with E-state index in [0.29, 0.717) is 12.1 Å². The summed E-state index contributed by atoms with van der Waals surface area (Å²) in [6.07, 6.45) is 0. The molecule has 116 valence electrons. The summed E-state index contributed by atoms with van der Waals surface area (Å²) in [4.78, 5) is 11.9. The first-order valence-electron chi connectivity index (χ1n) is 7.08. The van der Waals surface area contributed by atoms with Gasteiger partial charge < -0.3 is 15.7 Å². The second-order valence-electron chi connectivity index (χ2n) is 5.12. The number of hydrogen-bond donors (Lipinski definition) is 3. The van der Waals surface area contributed by atoms with Gasteiger partial charge in [-0.1, -0.05) is 12.1 Å². The number of benzene rings is 2. The molecule has 2 rings (SSSR count). The van der Waals surface area contributed by atoms with Crippen molar-refractivity contribution in [3.8, 4) is 0 Å². The molecule has 0 aliphatic rings. The zero-order valence-electron chi connectivity index (χ0n) is 12.3. The van der Waals surface area contributed by atoms with Gasteiger partial charge in [0.05, 0.1) is 6.61 Å². The Morgan fingerprint density at radius 1 is 1.23 bits per heavy atom. The number of halogens is 1. The van der Waals surface area contributed by atoms with Gasteiger partial charge in [-0.3, -0.25) is 4.79 Å². The van der Waals surface area contributed by atoms with Crippen molar-refractivity contribution in [1.82, 2.24) is 5.32 Å². The van der Waals surface area contributed by atoms with Crippen molar-refractivity contribution in [2.24, 2.45) is 0 Å². The van der Waals surface area contributed by atoms with Crippen molar-refractivity contribution >= 4 is 11.6 Å². The van der Waals surface area contributed by atoms with Gasteiger partial charge in [-0.15, -0.1) is 0 Å². The van der Waals surface area contributed by atoms with Crippen LogP contribution in [0.5, 0.6) is 0 Å². The van der Waals surface area contributed by atoms with E-state index in [4.69, 9.17) is 5.11 Å². The molecule has 0 saturated carbocycles. The number of carbonyl (C=O) groups is 1. The lowest BCUT2D eigenvalue weighted by atomic mass is 10.1. The van der Waals surface area contributed by atoms with E-state index in [1.165, 1.54) is 12.1 Å².